The fraction of sp³-hybridized carbons (Fsp3) is 0.478. The zero-order chi connectivity index (χ0) is 24.3. The molecule has 9 nitrogen and oxygen atoms in total. The number of sulfonamides is 1. The Morgan fingerprint density at radius 1 is 1.15 bits per heavy atom. The van der Waals surface area contributed by atoms with E-state index in [2.05, 4.69) is 10.3 Å². The fourth-order valence-electron chi connectivity index (χ4n) is 4.09. The smallest absolute Gasteiger partial charge is 0.340 e. The van der Waals surface area contributed by atoms with Gasteiger partial charge in [-0.2, -0.15) is 4.31 Å². The van der Waals surface area contributed by atoms with Crippen LogP contribution in [-0.4, -0.2) is 63.4 Å². The first-order valence-electron chi connectivity index (χ1n) is 11.1. The van der Waals surface area contributed by atoms with Crippen molar-refractivity contribution in [2.24, 2.45) is 0 Å². The maximum absolute atomic E-state index is 13.2. The quantitative estimate of drug-likeness (QED) is 0.593. The molecule has 0 radical (unpaired) electrons. The van der Waals surface area contributed by atoms with E-state index in [0.29, 0.717) is 41.3 Å². The number of aryl methyl sites for hydroxylation is 1. The number of carbonyl (C=O) groups excluding carboxylic acids is 2. The molecule has 0 atom stereocenters. The van der Waals surface area contributed by atoms with Crippen molar-refractivity contribution in [2.45, 2.75) is 44.9 Å². The number of nitrogens with one attached hydrogen (secondary N) is 2. The summed E-state index contributed by atoms with van der Waals surface area (Å²) in [5.74, 6) is -0.965. The number of piperidine rings is 1. The Balaban J connectivity index is 1.96. The summed E-state index contributed by atoms with van der Waals surface area (Å²) >= 11 is 0. The summed E-state index contributed by atoms with van der Waals surface area (Å²) in [4.78, 5) is 30.3. The van der Waals surface area contributed by atoms with Gasteiger partial charge in [0.1, 0.15) is 5.69 Å². The van der Waals surface area contributed by atoms with Gasteiger partial charge in [0.2, 0.25) is 10.0 Å². The van der Waals surface area contributed by atoms with Crippen molar-refractivity contribution < 1.29 is 22.7 Å². The van der Waals surface area contributed by atoms with E-state index in [9.17, 15) is 18.0 Å². The van der Waals surface area contributed by atoms with E-state index in [1.54, 1.807) is 37.8 Å². The monoisotopic (exact) mass is 476 g/mol. The molecule has 0 spiro atoms. The molecule has 2 aromatic rings. The molecule has 0 unspecified atom stereocenters. The fourth-order valence-corrected chi connectivity index (χ4v) is 5.64. The molecule has 1 aromatic heterocycles. The predicted octanol–water partition coefficient (Wildman–Crippen LogP) is 3.30. The Morgan fingerprint density at radius 2 is 1.82 bits per heavy atom. The van der Waals surface area contributed by atoms with E-state index >= 15 is 0 Å². The van der Waals surface area contributed by atoms with Crippen LogP contribution < -0.4 is 10.2 Å². The number of anilines is 2. The summed E-state index contributed by atoms with van der Waals surface area (Å²) in [6, 6.07) is 4.75. The summed E-state index contributed by atoms with van der Waals surface area (Å²) in [5, 5.41) is 2.83. The lowest BCUT2D eigenvalue weighted by Crippen LogP contribution is -2.35. The van der Waals surface area contributed by atoms with Crippen LogP contribution in [0, 0.1) is 13.8 Å². The molecule has 1 aliphatic heterocycles. The highest BCUT2D eigenvalue weighted by Gasteiger charge is 2.28. The second-order valence-electron chi connectivity index (χ2n) is 8.34. The highest BCUT2D eigenvalue weighted by atomic mass is 32.2. The molecular formula is C23H32N4O5S. The molecule has 180 valence electrons. The number of carbonyl (C=O) groups is 2. The molecular weight excluding hydrogens is 444 g/mol. The van der Waals surface area contributed by atoms with Crippen molar-refractivity contribution >= 4 is 33.3 Å². The topological polar surface area (TPSA) is 112 Å². The Morgan fingerprint density at radius 3 is 2.42 bits per heavy atom. The van der Waals surface area contributed by atoms with Crippen LogP contribution in [0.15, 0.2) is 23.1 Å². The molecule has 0 aliphatic carbocycles. The first kappa shape index (κ1) is 24.8. The van der Waals surface area contributed by atoms with Crippen LogP contribution in [0.4, 0.5) is 11.4 Å². The minimum absolute atomic E-state index is 0.136. The third kappa shape index (κ3) is 5.06. The lowest BCUT2D eigenvalue weighted by atomic mass is 10.1. The largest absolute Gasteiger partial charge is 0.462 e. The first-order chi connectivity index (χ1) is 15.6. The second kappa shape index (κ2) is 9.96. The van der Waals surface area contributed by atoms with Crippen LogP contribution in [-0.2, 0) is 14.8 Å². The third-order valence-electron chi connectivity index (χ3n) is 5.79. The number of rotatable bonds is 7. The third-order valence-corrected chi connectivity index (χ3v) is 7.69. The second-order valence-corrected chi connectivity index (χ2v) is 10.3. The van der Waals surface area contributed by atoms with Crippen molar-refractivity contribution in [2.75, 3.05) is 44.0 Å². The maximum Gasteiger partial charge on any atom is 0.340 e. The van der Waals surface area contributed by atoms with Crippen molar-refractivity contribution in [3.8, 4) is 0 Å². The molecule has 10 heteroatoms. The van der Waals surface area contributed by atoms with Crippen molar-refractivity contribution in [3.63, 3.8) is 0 Å². The van der Waals surface area contributed by atoms with Crippen LogP contribution in [0.2, 0.25) is 0 Å². The van der Waals surface area contributed by atoms with E-state index in [1.165, 1.54) is 10.4 Å². The molecule has 1 saturated heterocycles. The average Bonchev–Trinajstić information content (AvgIpc) is 3.08. The zero-order valence-electron chi connectivity index (χ0n) is 19.8. The van der Waals surface area contributed by atoms with Gasteiger partial charge in [-0.25, -0.2) is 13.2 Å². The van der Waals surface area contributed by atoms with Crippen LogP contribution in [0.3, 0.4) is 0 Å². The number of aromatic amines is 1. The molecule has 1 fully saturated rings. The van der Waals surface area contributed by atoms with Crippen molar-refractivity contribution in [1.82, 2.24) is 9.29 Å². The normalized spacial score (nSPS) is 14.7. The maximum atomic E-state index is 13.2. The van der Waals surface area contributed by atoms with Gasteiger partial charge in [0, 0.05) is 32.9 Å². The Hall–Kier alpha value is -2.85. The molecule has 0 bridgehead atoms. The van der Waals surface area contributed by atoms with E-state index < -0.39 is 21.9 Å². The first-order valence-corrected chi connectivity index (χ1v) is 12.5. The Bertz CT molecular complexity index is 1150. The number of H-pyrrole nitrogens is 1. The van der Waals surface area contributed by atoms with Crippen LogP contribution in [0.25, 0.3) is 0 Å². The molecule has 1 amide bonds. The average molecular weight is 477 g/mol. The molecule has 33 heavy (non-hydrogen) atoms. The van der Waals surface area contributed by atoms with Crippen molar-refractivity contribution in [1.29, 1.82) is 0 Å². The SMILES string of the molecule is CCOC(=O)c1c(C)[nH]c(C(=O)Nc2cc(S(=O)(=O)N3CCCCC3)ccc2N(C)C)c1C. The number of ether oxygens (including phenoxy) is 1. The molecule has 0 saturated carbocycles. The summed E-state index contributed by atoms with van der Waals surface area (Å²) in [7, 11) is -0.0368. The van der Waals surface area contributed by atoms with Gasteiger partial charge in [-0.1, -0.05) is 6.42 Å². The summed E-state index contributed by atoms with van der Waals surface area (Å²) in [6.45, 7) is 6.32. The van der Waals surface area contributed by atoms with Gasteiger partial charge >= 0.3 is 5.97 Å². The van der Waals surface area contributed by atoms with E-state index in [1.807, 2.05) is 14.1 Å². The number of benzene rings is 1. The summed E-state index contributed by atoms with van der Waals surface area (Å²) in [6.07, 6.45) is 2.70. The highest BCUT2D eigenvalue weighted by molar-refractivity contribution is 7.89. The van der Waals surface area contributed by atoms with Crippen molar-refractivity contribution in [3.05, 3.63) is 40.7 Å². The minimum Gasteiger partial charge on any atom is -0.462 e. The number of amides is 1. The number of nitrogens with zero attached hydrogens (tertiary/aromatic N) is 2. The summed E-state index contributed by atoms with van der Waals surface area (Å²) < 4.78 is 32.9. The van der Waals surface area contributed by atoms with Gasteiger partial charge in [-0.15, -0.1) is 0 Å². The molecule has 1 aromatic carbocycles. The molecule has 1 aliphatic rings. The number of hydrogen-bond donors (Lipinski definition) is 2. The Labute approximate surface area is 195 Å². The van der Waals surface area contributed by atoms with Gasteiger partial charge in [0.25, 0.3) is 5.91 Å². The van der Waals surface area contributed by atoms with Gasteiger partial charge in [0.15, 0.2) is 0 Å². The summed E-state index contributed by atoms with van der Waals surface area (Å²) in [5.41, 5.74) is 2.60. The zero-order valence-corrected chi connectivity index (χ0v) is 20.6. The molecule has 3 rings (SSSR count). The highest BCUT2D eigenvalue weighted by Crippen LogP contribution is 2.31. The van der Waals surface area contributed by atoms with Gasteiger partial charge in [-0.3, -0.25) is 4.79 Å². The lowest BCUT2D eigenvalue weighted by Gasteiger charge is -2.26. The Kier molecular flexibility index (Phi) is 7.48. The van der Waals surface area contributed by atoms with E-state index in [-0.39, 0.29) is 17.2 Å². The molecule has 2 heterocycles. The van der Waals surface area contributed by atoms with Gasteiger partial charge in [0.05, 0.1) is 28.4 Å². The molecule has 2 N–H and O–H groups in total. The van der Waals surface area contributed by atoms with E-state index in [4.69, 9.17) is 4.74 Å². The van der Waals surface area contributed by atoms with Crippen LogP contribution in [0.5, 0.6) is 0 Å². The predicted molar refractivity (Wildman–Crippen MR) is 128 cm³/mol. The minimum atomic E-state index is -3.66. The van der Waals surface area contributed by atoms with Gasteiger partial charge in [-0.05, 0) is 57.4 Å². The van der Waals surface area contributed by atoms with E-state index in [0.717, 1.165) is 19.3 Å². The lowest BCUT2D eigenvalue weighted by molar-refractivity contribution is 0.0525. The van der Waals surface area contributed by atoms with Gasteiger partial charge < -0.3 is 19.9 Å². The number of aromatic nitrogens is 1. The van der Waals surface area contributed by atoms with Crippen LogP contribution in [0.1, 0.15) is 58.3 Å². The van der Waals surface area contributed by atoms with Crippen LogP contribution >= 0.6 is 0 Å². The standard InChI is InChI=1S/C23H32N4O5S/c1-6-32-23(29)20-15(2)21(24-16(20)3)22(28)25-18-14-17(10-11-19(18)26(4)5)33(30,31)27-12-8-7-9-13-27/h10-11,14,24H,6-9,12-13H2,1-5H3,(H,25,28). The number of hydrogen-bond acceptors (Lipinski definition) is 6. The number of esters is 1.